The summed E-state index contributed by atoms with van der Waals surface area (Å²) in [6.45, 7) is 0. The van der Waals surface area contributed by atoms with Crippen LogP contribution < -0.4 is 0 Å². The Morgan fingerprint density at radius 1 is 0.375 bits per heavy atom. The van der Waals surface area contributed by atoms with E-state index < -0.39 is 240 Å². The van der Waals surface area contributed by atoms with Gasteiger partial charge in [-0.15, -0.1) is 0 Å². The van der Waals surface area contributed by atoms with Crippen molar-refractivity contribution in [3.05, 3.63) is 151 Å². The number of aromatic nitrogens is 3. The smallest absolute Gasteiger partial charge is 0.164 e. The van der Waals surface area contributed by atoms with Crippen molar-refractivity contribution in [2.75, 3.05) is 0 Å². The lowest BCUT2D eigenvalue weighted by molar-refractivity contribution is 0.669. The summed E-state index contributed by atoms with van der Waals surface area (Å²) in [5.74, 6) is -2.56. The van der Waals surface area contributed by atoms with E-state index in [-0.39, 0.29) is 10.8 Å². The maximum Gasteiger partial charge on any atom is 0.164 e. The van der Waals surface area contributed by atoms with Crippen molar-refractivity contribution in [3.8, 4) is 45.3 Å². The van der Waals surface area contributed by atoms with E-state index in [1.165, 1.54) is 0 Å². The van der Waals surface area contributed by atoms with E-state index in [0.717, 1.165) is 0 Å². The first-order chi connectivity index (χ1) is 34.2. The molecule has 3 aromatic heterocycles. The molecule has 0 amide bonds. The minimum Gasteiger partial charge on any atom is -0.456 e. The number of para-hydroxylation sites is 2. The number of benzene rings is 7. The fraction of sp³-hybridized carbons (Fsp3) is 0. The van der Waals surface area contributed by atoms with E-state index in [9.17, 15) is 6.85 Å². The lowest BCUT2D eigenvalue weighted by Crippen LogP contribution is -2.00. The molecule has 0 radical (unpaired) electrons. The van der Waals surface area contributed by atoms with Crippen molar-refractivity contribution < 1.29 is 43.1 Å². The zero-order valence-electron chi connectivity index (χ0n) is 48.7. The molecule has 0 saturated carbocycles. The van der Waals surface area contributed by atoms with Crippen LogP contribution in [0.3, 0.4) is 0 Å². The van der Waals surface area contributed by atoms with Gasteiger partial charge in [0.15, 0.2) is 17.5 Å². The van der Waals surface area contributed by atoms with E-state index in [1.54, 1.807) is 0 Å². The second-order valence-electron chi connectivity index (χ2n) is 10.1. The molecule has 48 heavy (non-hydrogen) atoms. The van der Waals surface area contributed by atoms with Gasteiger partial charge in [-0.1, -0.05) is 115 Å². The molecule has 10 aromatic rings. The monoisotopic (exact) mass is 640 g/mol. The molecule has 0 aliphatic rings. The van der Waals surface area contributed by atoms with Crippen molar-refractivity contribution in [3.63, 3.8) is 0 Å². The Labute approximate surface area is 309 Å². The summed E-state index contributed by atoms with van der Waals surface area (Å²) in [5.41, 5.74) is -5.98. The Balaban J connectivity index is 1.46. The molecular weight excluding hydrogens is 590 g/mol. The molecule has 0 unspecified atom stereocenters. The molecule has 0 atom stereocenters. The lowest BCUT2D eigenvalue weighted by Gasteiger charge is -2.11. The minimum atomic E-state index is -0.963. The van der Waals surface area contributed by atoms with Gasteiger partial charge >= 0.3 is 0 Å². The average Bonchev–Trinajstić information content (AvgIpc) is 3.96. The van der Waals surface area contributed by atoms with Crippen LogP contribution in [0.4, 0.5) is 0 Å². The highest BCUT2D eigenvalue weighted by Gasteiger charge is 2.20. The molecule has 0 saturated heterocycles. The van der Waals surface area contributed by atoms with Crippen molar-refractivity contribution >= 4 is 54.6 Å². The molecule has 5 heteroatoms. The third-order valence-electron chi connectivity index (χ3n) is 7.33. The van der Waals surface area contributed by atoms with E-state index in [0.29, 0.717) is 0 Å². The third-order valence-corrected chi connectivity index (χ3v) is 7.33. The van der Waals surface area contributed by atoms with Gasteiger partial charge in [-0.2, -0.15) is 0 Å². The Morgan fingerprint density at radius 2 is 0.958 bits per heavy atom. The van der Waals surface area contributed by atoms with Crippen LogP contribution >= 0.6 is 0 Å². The number of fused-ring (bicyclic) bond motifs is 8. The summed E-state index contributed by atoms with van der Waals surface area (Å²) in [6.07, 6.45) is 0. The predicted molar refractivity (Wildman–Crippen MR) is 194 cm³/mol. The standard InChI is InChI=1S/C43H25N3O2/c1-3-11-26(12-4-1)30-24-34(40-32-16-8-10-18-36(32)48-38(40)25-30)43-45-41(28-13-5-2-6-14-28)44-42(46-43)29-20-19-27-21-22-37-39(33(27)23-29)31-15-7-9-17-35(31)47-37/h1-25H/i1D,2D,3D,4D,5D,6D,7D,8D,9D,10D,11D,12D,13D,14D,15D,16D,17D,18D,19D,20D,21D,22D,23D,24D,25D. The molecule has 0 spiro atoms. The second-order valence-corrected chi connectivity index (χ2v) is 10.1. The van der Waals surface area contributed by atoms with Crippen LogP contribution in [0.25, 0.3) is 99.9 Å². The quantitative estimate of drug-likeness (QED) is 0.191. The number of hydrogen-bond acceptors (Lipinski definition) is 5. The zero-order chi connectivity index (χ0) is 53.4. The zero-order valence-corrected chi connectivity index (χ0v) is 23.7. The molecule has 5 nitrogen and oxygen atoms in total. The maximum atomic E-state index is 9.82. The van der Waals surface area contributed by atoms with Crippen LogP contribution in [0.2, 0.25) is 0 Å². The fourth-order valence-corrected chi connectivity index (χ4v) is 5.29. The van der Waals surface area contributed by atoms with E-state index in [2.05, 4.69) is 15.0 Å². The molecule has 7 aromatic carbocycles. The molecule has 0 fully saturated rings. The topological polar surface area (TPSA) is 65.0 Å². The highest BCUT2D eigenvalue weighted by atomic mass is 16.3. The highest BCUT2D eigenvalue weighted by Crippen LogP contribution is 2.41. The summed E-state index contributed by atoms with van der Waals surface area (Å²) in [7, 11) is 0. The fourth-order valence-electron chi connectivity index (χ4n) is 5.29. The lowest BCUT2D eigenvalue weighted by atomic mass is 9.98. The van der Waals surface area contributed by atoms with Crippen molar-refractivity contribution in [1.82, 2.24) is 15.0 Å². The van der Waals surface area contributed by atoms with E-state index >= 15 is 0 Å². The van der Waals surface area contributed by atoms with Gasteiger partial charge in [0, 0.05) is 38.2 Å². The molecule has 0 aliphatic heterocycles. The van der Waals surface area contributed by atoms with Crippen LogP contribution in [0.15, 0.2) is 160 Å². The average molecular weight is 641 g/mol. The van der Waals surface area contributed by atoms with Gasteiger partial charge < -0.3 is 8.83 Å². The van der Waals surface area contributed by atoms with Gasteiger partial charge in [0.05, 0.1) is 34.3 Å². The second kappa shape index (κ2) is 10.5. The molecule has 0 bridgehead atoms. The summed E-state index contributed by atoms with van der Waals surface area (Å²) < 4.78 is 232. The Morgan fingerprint density at radius 3 is 1.71 bits per heavy atom. The van der Waals surface area contributed by atoms with Gasteiger partial charge in [-0.05, 0) is 58.2 Å². The summed E-state index contributed by atoms with van der Waals surface area (Å²) >= 11 is 0. The molecule has 0 aliphatic carbocycles. The first kappa shape index (κ1) is 11.9. The van der Waals surface area contributed by atoms with Crippen molar-refractivity contribution in [2.24, 2.45) is 0 Å². The number of furan rings is 2. The van der Waals surface area contributed by atoms with Crippen molar-refractivity contribution in [1.29, 1.82) is 0 Å². The first-order valence-corrected chi connectivity index (χ1v) is 13.9. The summed E-state index contributed by atoms with van der Waals surface area (Å²) in [4.78, 5) is 13.4. The molecule has 224 valence electrons. The van der Waals surface area contributed by atoms with Crippen LogP contribution in [0.1, 0.15) is 34.3 Å². The molecule has 0 N–H and O–H groups in total. The molecule has 10 rings (SSSR count). The first-order valence-electron chi connectivity index (χ1n) is 26.4. The Kier molecular flexibility index (Phi) is 2.59. The van der Waals surface area contributed by atoms with Gasteiger partial charge in [-0.3, -0.25) is 0 Å². The summed E-state index contributed by atoms with van der Waals surface area (Å²) in [5, 5.41) is -2.76. The normalized spacial score (nSPS) is 19.0. The van der Waals surface area contributed by atoms with Crippen molar-refractivity contribution in [2.45, 2.75) is 0 Å². The number of hydrogen-bond donors (Lipinski definition) is 0. The van der Waals surface area contributed by atoms with Gasteiger partial charge in [0.1, 0.15) is 22.3 Å². The van der Waals surface area contributed by atoms with Gasteiger partial charge in [0.25, 0.3) is 0 Å². The van der Waals surface area contributed by atoms with Crippen LogP contribution in [-0.2, 0) is 0 Å². The van der Waals surface area contributed by atoms with Crippen LogP contribution in [-0.4, -0.2) is 15.0 Å². The van der Waals surface area contributed by atoms with Crippen LogP contribution in [0.5, 0.6) is 0 Å². The Hall–Kier alpha value is -6.59. The van der Waals surface area contributed by atoms with E-state index in [4.69, 9.17) is 36.2 Å². The van der Waals surface area contributed by atoms with E-state index in [1.807, 2.05) is 0 Å². The molecular formula is C43H25N3O2. The van der Waals surface area contributed by atoms with Crippen LogP contribution in [0, 0.1) is 0 Å². The van der Waals surface area contributed by atoms with Gasteiger partial charge in [0.2, 0.25) is 0 Å². The molecule has 3 heterocycles. The predicted octanol–water partition coefficient (Wildman–Crippen LogP) is 11.5. The minimum absolute atomic E-state index is 0.360. The highest BCUT2D eigenvalue weighted by molar-refractivity contribution is 6.19. The summed E-state index contributed by atoms with van der Waals surface area (Å²) in [6, 6.07) is -21.1. The maximum absolute atomic E-state index is 9.82. The number of rotatable bonds is 4. The number of nitrogens with zero attached hydrogens (tertiary/aromatic N) is 3. The SMILES string of the molecule is [2H]c1c([2H])c([2H])c(-c2nc(-c3c([2H])c([2H])c4c([2H])c([2H])c5oc6c([2H])c([2H])c([2H])c([2H])c6c5c4c3[2H])nc(-c3c([2H])c(-c4c([2H])c([2H])c([2H])c([2H])c4[2H])c([2H])c4oc5c([2H])c([2H])c([2H])c([2H])c5c34)n2)c([2H])c1[2H]. The van der Waals surface area contributed by atoms with Gasteiger partial charge in [-0.25, -0.2) is 15.0 Å². The largest absolute Gasteiger partial charge is 0.456 e. The third kappa shape index (κ3) is 4.22. The Bertz CT molecular complexity index is 4230.